The van der Waals surface area contributed by atoms with Crippen LogP contribution in [0.4, 0.5) is 13.2 Å². The number of carbonyl (C=O) groups is 2. The van der Waals surface area contributed by atoms with Crippen molar-refractivity contribution in [3.05, 3.63) is 83.3 Å². The lowest BCUT2D eigenvalue weighted by Gasteiger charge is -2.33. The Balaban J connectivity index is 1.21. The van der Waals surface area contributed by atoms with Gasteiger partial charge in [0.15, 0.2) is 5.76 Å². The Bertz CT molecular complexity index is 1310. The van der Waals surface area contributed by atoms with Gasteiger partial charge in [-0.25, -0.2) is 0 Å². The lowest BCUT2D eigenvalue weighted by atomic mass is 9.73. The summed E-state index contributed by atoms with van der Waals surface area (Å²) in [6, 6.07) is 16.9. The maximum Gasteiger partial charge on any atom is 0.405 e. The van der Waals surface area contributed by atoms with Gasteiger partial charge in [-0.05, 0) is 67.5 Å². The quantitative estimate of drug-likeness (QED) is 0.339. The highest BCUT2D eigenvalue weighted by atomic mass is 19.4. The van der Waals surface area contributed by atoms with Crippen LogP contribution in [0.15, 0.2) is 65.3 Å². The van der Waals surface area contributed by atoms with Crippen LogP contribution in [-0.2, 0) is 10.2 Å². The molecule has 0 radical (unpaired) electrons. The first-order valence-electron chi connectivity index (χ1n) is 13.8. The minimum Gasteiger partial charge on any atom is -0.459 e. The molecule has 0 spiro atoms. The van der Waals surface area contributed by atoms with Gasteiger partial charge in [0.2, 0.25) is 5.91 Å². The van der Waals surface area contributed by atoms with E-state index in [4.69, 9.17) is 4.42 Å². The third kappa shape index (κ3) is 5.66. The maximum absolute atomic E-state index is 13.6. The predicted molar refractivity (Wildman–Crippen MR) is 146 cm³/mol. The first-order chi connectivity index (χ1) is 19.2. The third-order valence-corrected chi connectivity index (χ3v) is 8.17. The number of nitrogens with zero attached hydrogens (tertiary/aromatic N) is 1. The Kier molecular flexibility index (Phi) is 8.03. The highest BCUT2D eigenvalue weighted by molar-refractivity contribution is 6.00. The molecule has 2 aliphatic rings. The van der Waals surface area contributed by atoms with E-state index in [1.165, 1.54) is 6.26 Å². The third-order valence-electron chi connectivity index (χ3n) is 8.17. The van der Waals surface area contributed by atoms with Gasteiger partial charge in [0, 0.05) is 24.7 Å². The predicted octanol–water partition coefficient (Wildman–Crippen LogP) is 5.60. The number of alkyl halides is 3. The molecule has 2 N–H and O–H groups in total. The Morgan fingerprint density at radius 2 is 1.60 bits per heavy atom. The molecule has 40 heavy (non-hydrogen) atoms. The number of fused-ring (bicyclic) bond motifs is 3. The minimum atomic E-state index is -4.49. The zero-order valence-corrected chi connectivity index (χ0v) is 22.5. The normalized spacial score (nSPS) is 16.8. The number of nitrogens with one attached hydrogen (secondary N) is 2. The summed E-state index contributed by atoms with van der Waals surface area (Å²) in [4.78, 5) is 28.4. The highest BCUT2D eigenvalue weighted by Crippen LogP contribution is 2.51. The standard InChI is InChI=1S/C31H34F3N3O3/c1-21-14-19-40-27(21)28(38)36-22-12-17-37(18-13-22)16-7-6-15-30(29(39)35-20-31(32,33)34)25-10-4-2-8-23(25)24-9-3-5-11-26(24)30/h2-5,8-11,14,19,22H,6-7,12-13,15-18,20H2,1H3,(H,35,39)(H,36,38). The van der Waals surface area contributed by atoms with Crippen molar-refractivity contribution < 1.29 is 27.2 Å². The molecule has 2 aromatic carbocycles. The molecule has 2 heterocycles. The molecule has 1 aromatic heterocycles. The van der Waals surface area contributed by atoms with E-state index >= 15 is 0 Å². The smallest absolute Gasteiger partial charge is 0.405 e. The number of aryl methyl sites for hydroxylation is 1. The zero-order valence-electron chi connectivity index (χ0n) is 22.5. The van der Waals surface area contributed by atoms with Crippen LogP contribution < -0.4 is 10.6 Å². The number of halogens is 3. The van der Waals surface area contributed by atoms with Crippen molar-refractivity contribution in [2.24, 2.45) is 0 Å². The number of piperidine rings is 1. The average molecular weight is 554 g/mol. The highest BCUT2D eigenvalue weighted by Gasteiger charge is 2.49. The number of unbranched alkanes of at least 4 members (excludes halogenated alkanes) is 1. The average Bonchev–Trinajstić information content (AvgIpc) is 3.50. The Morgan fingerprint density at radius 3 is 2.17 bits per heavy atom. The van der Waals surface area contributed by atoms with Crippen LogP contribution in [0, 0.1) is 6.92 Å². The number of amides is 2. The number of rotatable bonds is 9. The summed E-state index contributed by atoms with van der Waals surface area (Å²) < 4.78 is 44.5. The van der Waals surface area contributed by atoms with Gasteiger partial charge in [0.1, 0.15) is 12.0 Å². The molecule has 2 amide bonds. The van der Waals surface area contributed by atoms with Gasteiger partial charge in [-0.3, -0.25) is 9.59 Å². The van der Waals surface area contributed by atoms with Crippen LogP contribution in [0.3, 0.4) is 0 Å². The zero-order chi connectivity index (χ0) is 28.3. The van der Waals surface area contributed by atoms with Crippen LogP contribution in [0.25, 0.3) is 11.1 Å². The van der Waals surface area contributed by atoms with E-state index in [1.807, 2.05) is 55.5 Å². The molecule has 0 bridgehead atoms. The topological polar surface area (TPSA) is 74.6 Å². The fourth-order valence-corrected chi connectivity index (χ4v) is 6.17. The van der Waals surface area contributed by atoms with Crippen molar-refractivity contribution in [2.75, 3.05) is 26.2 Å². The second-order valence-electron chi connectivity index (χ2n) is 10.8. The van der Waals surface area contributed by atoms with Gasteiger partial charge in [-0.15, -0.1) is 0 Å². The van der Waals surface area contributed by atoms with Crippen molar-refractivity contribution >= 4 is 11.8 Å². The molecule has 9 heteroatoms. The molecule has 3 aromatic rings. The molecular weight excluding hydrogens is 519 g/mol. The number of carbonyl (C=O) groups excluding carboxylic acids is 2. The van der Waals surface area contributed by atoms with Crippen molar-refractivity contribution in [3.8, 4) is 11.1 Å². The van der Waals surface area contributed by atoms with Crippen LogP contribution in [-0.4, -0.2) is 55.1 Å². The first kappa shape index (κ1) is 28.0. The summed E-state index contributed by atoms with van der Waals surface area (Å²) in [5.41, 5.74) is 2.97. The van der Waals surface area contributed by atoms with Gasteiger partial charge in [0.05, 0.1) is 6.26 Å². The Labute approximate surface area is 231 Å². The number of hydrogen-bond donors (Lipinski definition) is 2. The summed E-state index contributed by atoms with van der Waals surface area (Å²) in [6.45, 7) is 2.98. The van der Waals surface area contributed by atoms with E-state index in [2.05, 4.69) is 15.5 Å². The molecule has 1 aliphatic carbocycles. The van der Waals surface area contributed by atoms with Gasteiger partial charge >= 0.3 is 6.18 Å². The van der Waals surface area contributed by atoms with Gasteiger partial charge in [-0.2, -0.15) is 13.2 Å². The van der Waals surface area contributed by atoms with Crippen molar-refractivity contribution in [1.29, 1.82) is 0 Å². The molecule has 0 atom stereocenters. The first-order valence-corrected chi connectivity index (χ1v) is 13.8. The SMILES string of the molecule is Cc1ccoc1C(=O)NC1CCN(CCCCC2(C(=O)NCC(F)(F)F)c3ccccc3-c3ccccc32)CC1. The van der Waals surface area contributed by atoms with Crippen molar-refractivity contribution in [2.45, 2.75) is 56.7 Å². The Hall–Kier alpha value is -3.59. The van der Waals surface area contributed by atoms with Crippen LogP contribution >= 0.6 is 0 Å². The second-order valence-corrected chi connectivity index (χ2v) is 10.8. The van der Waals surface area contributed by atoms with E-state index < -0.39 is 24.0 Å². The molecular formula is C31H34F3N3O3. The summed E-state index contributed by atoms with van der Waals surface area (Å²) in [7, 11) is 0. The fraction of sp³-hybridized carbons (Fsp3) is 0.419. The van der Waals surface area contributed by atoms with Crippen molar-refractivity contribution in [1.82, 2.24) is 15.5 Å². The number of furan rings is 1. The molecule has 1 fully saturated rings. The molecule has 212 valence electrons. The van der Waals surface area contributed by atoms with Gasteiger partial charge < -0.3 is 20.0 Å². The summed E-state index contributed by atoms with van der Waals surface area (Å²) >= 11 is 0. The van der Waals surface area contributed by atoms with E-state index in [0.29, 0.717) is 18.6 Å². The number of hydrogen-bond acceptors (Lipinski definition) is 4. The van der Waals surface area contributed by atoms with Crippen LogP contribution in [0.2, 0.25) is 0 Å². The van der Waals surface area contributed by atoms with E-state index in [-0.39, 0.29) is 11.9 Å². The van der Waals surface area contributed by atoms with Crippen molar-refractivity contribution in [3.63, 3.8) is 0 Å². The lowest BCUT2D eigenvalue weighted by Crippen LogP contribution is -2.47. The van der Waals surface area contributed by atoms with E-state index in [9.17, 15) is 22.8 Å². The minimum absolute atomic E-state index is 0.0836. The molecule has 0 saturated carbocycles. The summed E-state index contributed by atoms with van der Waals surface area (Å²) in [5, 5.41) is 5.26. The molecule has 0 unspecified atom stereocenters. The maximum atomic E-state index is 13.6. The number of likely N-dealkylation sites (tertiary alicyclic amines) is 1. The summed E-state index contributed by atoms with van der Waals surface area (Å²) in [6.07, 6.45) is 0.584. The van der Waals surface area contributed by atoms with Gasteiger partial charge in [-0.1, -0.05) is 55.0 Å². The molecule has 6 nitrogen and oxygen atoms in total. The van der Waals surface area contributed by atoms with Crippen LogP contribution in [0.5, 0.6) is 0 Å². The van der Waals surface area contributed by atoms with Crippen LogP contribution in [0.1, 0.15) is 59.3 Å². The van der Waals surface area contributed by atoms with E-state index in [0.717, 1.165) is 66.7 Å². The summed E-state index contributed by atoms with van der Waals surface area (Å²) in [5.74, 6) is -0.441. The largest absolute Gasteiger partial charge is 0.459 e. The fourth-order valence-electron chi connectivity index (χ4n) is 6.17. The van der Waals surface area contributed by atoms with Gasteiger partial charge in [0.25, 0.3) is 5.91 Å². The second kappa shape index (κ2) is 11.5. The monoisotopic (exact) mass is 553 g/mol. The molecule has 1 aliphatic heterocycles. The molecule has 1 saturated heterocycles. The Morgan fingerprint density at radius 1 is 0.975 bits per heavy atom. The lowest BCUT2D eigenvalue weighted by molar-refractivity contribution is -0.141. The van der Waals surface area contributed by atoms with E-state index in [1.54, 1.807) is 6.07 Å². The number of benzene rings is 2. The molecule has 5 rings (SSSR count).